The number of nitrogens with zero attached hydrogens (tertiary/aromatic N) is 2. The van der Waals surface area contributed by atoms with Crippen LogP contribution in [0.3, 0.4) is 0 Å². The molecule has 0 aliphatic carbocycles. The Morgan fingerprint density at radius 2 is 2.14 bits per heavy atom. The standard InChI is InChI=1S/C15H20N4O2/c1-3-19-11-13(9-17-19)18-15(20)16-10-14(21-2)12-7-5-4-6-8-12/h4-9,11,14H,3,10H2,1-2H3,(H2,16,18,20)/t14-/m0/s1. The van der Waals surface area contributed by atoms with Crippen molar-refractivity contribution in [1.82, 2.24) is 15.1 Å². The van der Waals surface area contributed by atoms with Crippen molar-refractivity contribution in [3.8, 4) is 0 Å². The zero-order valence-corrected chi connectivity index (χ0v) is 12.2. The van der Waals surface area contributed by atoms with Gasteiger partial charge in [0.15, 0.2) is 0 Å². The molecule has 0 radical (unpaired) electrons. The van der Waals surface area contributed by atoms with Crippen molar-refractivity contribution in [2.24, 2.45) is 0 Å². The summed E-state index contributed by atoms with van der Waals surface area (Å²) in [6.45, 7) is 3.15. The SMILES string of the molecule is CCn1cc(NC(=O)NC[C@H](OC)c2ccccc2)cn1. The molecule has 1 heterocycles. The van der Waals surface area contributed by atoms with Crippen molar-refractivity contribution < 1.29 is 9.53 Å². The summed E-state index contributed by atoms with van der Waals surface area (Å²) in [6.07, 6.45) is 3.23. The van der Waals surface area contributed by atoms with Crippen molar-refractivity contribution in [3.05, 3.63) is 48.3 Å². The largest absolute Gasteiger partial charge is 0.375 e. The molecule has 1 aromatic heterocycles. The molecule has 0 aliphatic rings. The number of hydrogen-bond donors (Lipinski definition) is 2. The minimum Gasteiger partial charge on any atom is -0.375 e. The smallest absolute Gasteiger partial charge is 0.319 e. The molecule has 0 saturated carbocycles. The maximum absolute atomic E-state index is 11.8. The van der Waals surface area contributed by atoms with Crippen molar-refractivity contribution in [3.63, 3.8) is 0 Å². The Morgan fingerprint density at radius 1 is 1.38 bits per heavy atom. The van der Waals surface area contributed by atoms with Crippen LogP contribution >= 0.6 is 0 Å². The van der Waals surface area contributed by atoms with E-state index in [1.165, 1.54) is 0 Å². The molecule has 2 aromatic rings. The minimum absolute atomic E-state index is 0.171. The zero-order chi connectivity index (χ0) is 15.1. The van der Waals surface area contributed by atoms with E-state index >= 15 is 0 Å². The maximum Gasteiger partial charge on any atom is 0.319 e. The Kier molecular flexibility index (Phi) is 5.34. The molecule has 2 amide bonds. The summed E-state index contributed by atoms with van der Waals surface area (Å²) in [4.78, 5) is 11.8. The second-order valence-corrected chi connectivity index (χ2v) is 4.55. The van der Waals surface area contributed by atoms with Crippen LogP contribution in [0.25, 0.3) is 0 Å². The topological polar surface area (TPSA) is 68.2 Å². The Hall–Kier alpha value is -2.34. The second kappa shape index (κ2) is 7.44. The molecule has 0 saturated heterocycles. The second-order valence-electron chi connectivity index (χ2n) is 4.55. The van der Waals surface area contributed by atoms with Gasteiger partial charge in [-0.2, -0.15) is 5.10 Å². The first-order valence-electron chi connectivity index (χ1n) is 6.88. The van der Waals surface area contributed by atoms with Crippen molar-refractivity contribution >= 4 is 11.7 Å². The number of carbonyl (C=O) groups excluding carboxylic acids is 1. The molecule has 1 aromatic carbocycles. The van der Waals surface area contributed by atoms with Gasteiger partial charge in [-0.1, -0.05) is 30.3 Å². The van der Waals surface area contributed by atoms with Gasteiger partial charge in [0.05, 0.1) is 18.0 Å². The number of carbonyl (C=O) groups is 1. The first kappa shape index (κ1) is 15.1. The highest BCUT2D eigenvalue weighted by Crippen LogP contribution is 2.14. The van der Waals surface area contributed by atoms with Crippen LogP contribution in [0.1, 0.15) is 18.6 Å². The third kappa shape index (κ3) is 4.32. The summed E-state index contributed by atoms with van der Waals surface area (Å²) in [6, 6.07) is 9.50. The summed E-state index contributed by atoms with van der Waals surface area (Å²) in [5.41, 5.74) is 1.70. The number of nitrogens with one attached hydrogen (secondary N) is 2. The fourth-order valence-corrected chi connectivity index (χ4v) is 1.97. The van der Waals surface area contributed by atoms with Gasteiger partial charge in [0.25, 0.3) is 0 Å². The summed E-state index contributed by atoms with van der Waals surface area (Å²) < 4.78 is 7.15. The number of hydrogen-bond acceptors (Lipinski definition) is 3. The van der Waals surface area contributed by atoms with E-state index in [1.54, 1.807) is 24.2 Å². The van der Waals surface area contributed by atoms with Gasteiger partial charge in [0, 0.05) is 26.4 Å². The minimum atomic E-state index is -0.274. The van der Waals surface area contributed by atoms with Gasteiger partial charge in [-0.15, -0.1) is 0 Å². The number of methoxy groups -OCH3 is 1. The third-order valence-electron chi connectivity index (χ3n) is 3.12. The van der Waals surface area contributed by atoms with E-state index in [9.17, 15) is 4.79 Å². The monoisotopic (exact) mass is 288 g/mol. The molecular weight excluding hydrogens is 268 g/mol. The van der Waals surface area contributed by atoms with E-state index in [-0.39, 0.29) is 12.1 Å². The van der Waals surface area contributed by atoms with Gasteiger partial charge < -0.3 is 15.4 Å². The van der Waals surface area contributed by atoms with Gasteiger partial charge in [-0.25, -0.2) is 4.79 Å². The van der Waals surface area contributed by atoms with Crippen molar-refractivity contribution in [2.45, 2.75) is 19.6 Å². The van der Waals surface area contributed by atoms with Crippen LogP contribution in [0.15, 0.2) is 42.7 Å². The van der Waals surface area contributed by atoms with Crippen LogP contribution in [0.2, 0.25) is 0 Å². The maximum atomic E-state index is 11.8. The molecule has 0 bridgehead atoms. The number of urea groups is 1. The highest BCUT2D eigenvalue weighted by molar-refractivity contribution is 5.88. The highest BCUT2D eigenvalue weighted by atomic mass is 16.5. The number of aromatic nitrogens is 2. The third-order valence-corrected chi connectivity index (χ3v) is 3.12. The zero-order valence-electron chi connectivity index (χ0n) is 12.2. The molecular formula is C15H20N4O2. The van der Waals surface area contributed by atoms with Gasteiger partial charge in [0.1, 0.15) is 0 Å². The number of anilines is 1. The number of benzene rings is 1. The van der Waals surface area contributed by atoms with Gasteiger partial charge in [0.2, 0.25) is 0 Å². The predicted octanol–water partition coefficient (Wildman–Crippen LogP) is 2.41. The first-order valence-corrected chi connectivity index (χ1v) is 6.88. The van der Waals surface area contributed by atoms with Crippen LogP contribution in [0.5, 0.6) is 0 Å². The van der Waals surface area contributed by atoms with Crippen LogP contribution in [-0.2, 0) is 11.3 Å². The quantitative estimate of drug-likeness (QED) is 0.857. The summed E-state index contributed by atoms with van der Waals surface area (Å²) in [5.74, 6) is 0. The predicted molar refractivity (Wildman–Crippen MR) is 81.1 cm³/mol. The first-order chi connectivity index (χ1) is 10.2. The van der Waals surface area contributed by atoms with E-state index in [0.717, 1.165) is 12.1 Å². The lowest BCUT2D eigenvalue weighted by Gasteiger charge is -2.16. The van der Waals surface area contributed by atoms with E-state index in [4.69, 9.17) is 4.74 Å². The lowest BCUT2D eigenvalue weighted by molar-refractivity contribution is 0.104. The molecule has 2 rings (SSSR count). The van der Waals surface area contributed by atoms with Gasteiger partial charge >= 0.3 is 6.03 Å². The Morgan fingerprint density at radius 3 is 2.76 bits per heavy atom. The lowest BCUT2D eigenvalue weighted by Crippen LogP contribution is -2.32. The van der Waals surface area contributed by atoms with Crippen LogP contribution in [0.4, 0.5) is 10.5 Å². The molecule has 1 atom stereocenters. The van der Waals surface area contributed by atoms with Gasteiger partial charge in [-0.3, -0.25) is 4.68 Å². The van der Waals surface area contributed by atoms with Gasteiger partial charge in [-0.05, 0) is 12.5 Å². The van der Waals surface area contributed by atoms with E-state index < -0.39 is 0 Å². The molecule has 112 valence electrons. The lowest BCUT2D eigenvalue weighted by atomic mass is 10.1. The summed E-state index contributed by atoms with van der Waals surface area (Å²) in [7, 11) is 1.63. The van der Waals surface area contributed by atoms with Crippen molar-refractivity contribution in [2.75, 3.05) is 19.0 Å². The van der Waals surface area contributed by atoms with Crippen LogP contribution < -0.4 is 10.6 Å². The summed E-state index contributed by atoms with van der Waals surface area (Å²) in [5, 5.41) is 9.63. The normalized spacial score (nSPS) is 11.9. The van der Waals surface area contributed by atoms with Crippen LogP contribution in [-0.4, -0.2) is 29.5 Å². The van der Waals surface area contributed by atoms with E-state index in [2.05, 4.69) is 15.7 Å². The molecule has 6 heteroatoms. The Balaban J connectivity index is 1.85. The number of aryl methyl sites for hydroxylation is 1. The van der Waals surface area contributed by atoms with E-state index in [0.29, 0.717) is 12.2 Å². The van der Waals surface area contributed by atoms with Crippen molar-refractivity contribution in [1.29, 1.82) is 0 Å². The number of rotatable bonds is 6. The average molecular weight is 288 g/mol. The number of amides is 2. The fraction of sp³-hybridized carbons (Fsp3) is 0.333. The molecule has 21 heavy (non-hydrogen) atoms. The Labute approximate surface area is 124 Å². The molecule has 0 aliphatic heterocycles. The Bertz CT molecular complexity index is 568. The number of ether oxygens (including phenoxy) is 1. The molecule has 0 fully saturated rings. The average Bonchev–Trinajstić information content (AvgIpc) is 2.96. The summed E-state index contributed by atoms with van der Waals surface area (Å²) >= 11 is 0. The molecule has 0 spiro atoms. The molecule has 0 unspecified atom stereocenters. The highest BCUT2D eigenvalue weighted by Gasteiger charge is 2.12. The molecule has 2 N–H and O–H groups in total. The molecule has 6 nitrogen and oxygen atoms in total. The van der Waals surface area contributed by atoms with E-state index in [1.807, 2.05) is 37.3 Å². The fourth-order valence-electron chi connectivity index (χ4n) is 1.97. The van der Waals surface area contributed by atoms with Crippen LogP contribution in [0, 0.1) is 0 Å².